The molecule has 0 bridgehead atoms. The molecule has 0 aliphatic rings. The molecule has 0 spiro atoms. The Balaban J connectivity index is 0.00000169. The molecule has 0 amide bonds. The highest BCUT2D eigenvalue weighted by Crippen LogP contribution is 2.27. The summed E-state index contributed by atoms with van der Waals surface area (Å²) < 4.78 is 0. The van der Waals surface area contributed by atoms with Crippen LogP contribution in [0.2, 0.25) is 0 Å². The normalized spacial score (nSPS) is 11.5. The summed E-state index contributed by atoms with van der Waals surface area (Å²) in [5.74, 6) is -0.272. The molecule has 0 saturated carbocycles. The first-order chi connectivity index (χ1) is 6.15. The third-order valence-corrected chi connectivity index (χ3v) is 1.85. The molecule has 1 rings (SSSR count). The van der Waals surface area contributed by atoms with Gasteiger partial charge in [0.25, 0.3) is 0 Å². The number of nitrogens with two attached hydrogens (primary N) is 1. The van der Waals surface area contributed by atoms with E-state index < -0.39 is 0 Å². The van der Waals surface area contributed by atoms with Crippen molar-refractivity contribution in [3.05, 3.63) is 36.4 Å². The van der Waals surface area contributed by atoms with Crippen molar-refractivity contribution in [3.8, 4) is 11.5 Å². The molecule has 0 fully saturated rings. The highest BCUT2D eigenvalue weighted by atomic mass is 35.5. The molecule has 14 heavy (non-hydrogen) atoms. The van der Waals surface area contributed by atoms with Crippen molar-refractivity contribution in [2.75, 3.05) is 0 Å². The third-order valence-electron chi connectivity index (χ3n) is 1.85. The van der Waals surface area contributed by atoms with Gasteiger partial charge in [0.2, 0.25) is 0 Å². The molecule has 0 aromatic heterocycles. The van der Waals surface area contributed by atoms with Crippen LogP contribution in [0.3, 0.4) is 0 Å². The van der Waals surface area contributed by atoms with Crippen LogP contribution >= 0.6 is 12.4 Å². The van der Waals surface area contributed by atoms with Gasteiger partial charge in [0, 0.05) is 6.04 Å². The van der Waals surface area contributed by atoms with E-state index >= 15 is 0 Å². The number of hydrogen-bond donors (Lipinski definition) is 3. The first kappa shape index (κ1) is 12.8. The van der Waals surface area contributed by atoms with Crippen molar-refractivity contribution in [2.45, 2.75) is 12.5 Å². The van der Waals surface area contributed by atoms with Crippen LogP contribution in [0.4, 0.5) is 0 Å². The SMILES string of the molecule is C=CC[C@@H](N)c1ccc(O)c(O)c1.Cl. The highest BCUT2D eigenvalue weighted by molar-refractivity contribution is 5.85. The summed E-state index contributed by atoms with van der Waals surface area (Å²) in [6.45, 7) is 3.57. The minimum absolute atomic E-state index is 0. The van der Waals surface area contributed by atoms with Crippen molar-refractivity contribution in [1.29, 1.82) is 0 Å². The zero-order chi connectivity index (χ0) is 9.84. The molecule has 1 aromatic rings. The van der Waals surface area contributed by atoms with Crippen LogP contribution in [0.5, 0.6) is 11.5 Å². The molecule has 4 N–H and O–H groups in total. The van der Waals surface area contributed by atoms with E-state index in [1.807, 2.05) is 0 Å². The first-order valence-electron chi connectivity index (χ1n) is 4.03. The maximum absolute atomic E-state index is 9.19. The monoisotopic (exact) mass is 215 g/mol. The lowest BCUT2D eigenvalue weighted by atomic mass is 10.0. The molecular weight excluding hydrogens is 202 g/mol. The molecule has 0 saturated heterocycles. The van der Waals surface area contributed by atoms with E-state index in [0.29, 0.717) is 6.42 Å². The smallest absolute Gasteiger partial charge is 0.157 e. The molecule has 0 aliphatic carbocycles. The number of hydrogen-bond acceptors (Lipinski definition) is 3. The van der Waals surface area contributed by atoms with Crippen molar-refractivity contribution in [2.24, 2.45) is 5.73 Å². The van der Waals surface area contributed by atoms with Crippen LogP contribution in [0, 0.1) is 0 Å². The zero-order valence-electron chi connectivity index (χ0n) is 7.68. The molecule has 4 heteroatoms. The molecule has 3 nitrogen and oxygen atoms in total. The van der Waals surface area contributed by atoms with E-state index in [0.717, 1.165) is 5.56 Å². The predicted molar refractivity (Wildman–Crippen MR) is 58.8 cm³/mol. The van der Waals surface area contributed by atoms with Crippen LogP contribution < -0.4 is 5.73 Å². The molecular formula is C10H14ClNO2. The Morgan fingerprint density at radius 3 is 2.50 bits per heavy atom. The second-order valence-corrected chi connectivity index (χ2v) is 2.88. The maximum atomic E-state index is 9.19. The molecule has 0 radical (unpaired) electrons. The molecule has 78 valence electrons. The fourth-order valence-corrected chi connectivity index (χ4v) is 1.09. The minimum Gasteiger partial charge on any atom is -0.504 e. The van der Waals surface area contributed by atoms with E-state index in [9.17, 15) is 5.11 Å². The van der Waals surface area contributed by atoms with Crippen LogP contribution in [-0.2, 0) is 0 Å². The van der Waals surface area contributed by atoms with Gasteiger partial charge in [-0.2, -0.15) is 0 Å². The second kappa shape index (κ2) is 5.52. The molecule has 0 unspecified atom stereocenters. The van der Waals surface area contributed by atoms with Gasteiger partial charge in [0.15, 0.2) is 11.5 Å². The van der Waals surface area contributed by atoms with Gasteiger partial charge in [-0.15, -0.1) is 19.0 Å². The summed E-state index contributed by atoms with van der Waals surface area (Å²) in [5.41, 5.74) is 6.55. The van der Waals surface area contributed by atoms with E-state index in [1.165, 1.54) is 12.1 Å². The first-order valence-corrected chi connectivity index (χ1v) is 4.03. The summed E-state index contributed by atoms with van der Waals surface area (Å²) in [4.78, 5) is 0. The van der Waals surface area contributed by atoms with Crippen molar-refractivity contribution < 1.29 is 10.2 Å². The lowest BCUT2D eigenvalue weighted by molar-refractivity contribution is 0.402. The summed E-state index contributed by atoms with van der Waals surface area (Å²) in [6, 6.07) is 4.39. The Labute approximate surface area is 89.3 Å². The topological polar surface area (TPSA) is 66.5 Å². The quantitative estimate of drug-likeness (QED) is 0.534. The number of halogens is 1. The summed E-state index contributed by atoms with van der Waals surface area (Å²) in [6.07, 6.45) is 2.36. The number of benzene rings is 1. The third kappa shape index (κ3) is 2.94. The Morgan fingerprint density at radius 2 is 2.00 bits per heavy atom. The summed E-state index contributed by atoms with van der Waals surface area (Å²) >= 11 is 0. The lowest BCUT2D eigenvalue weighted by Gasteiger charge is -2.09. The molecule has 1 atom stereocenters. The fraction of sp³-hybridized carbons (Fsp3) is 0.200. The lowest BCUT2D eigenvalue weighted by Crippen LogP contribution is -2.08. The average Bonchev–Trinajstić information content (AvgIpc) is 2.10. The number of rotatable bonds is 3. The van der Waals surface area contributed by atoms with Gasteiger partial charge in [-0.05, 0) is 24.1 Å². The van der Waals surface area contributed by atoms with Gasteiger partial charge >= 0.3 is 0 Å². The summed E-state index contributed by atoms with van der Waals surface area (Å²) in [7, 11) is 0. The van der Waals surface area contributed by atoms with Gasteiger partial charge in [-0.1, -0.05) is 12.1 Å². The predicted octanol–water partition coefficient (Wildman–Crippen LogP) is 2.10. The largest absolute Gasteiger partial charge is 0.504 e. The Hall–Kier alpha value is -1.19. The van der Waals surface area contributed by atoms with Crippen LogP contribution in [0.25, 0.3) is 0 Å². The van der Waals surface area contributed by atoms with Crippen LogP contribution in [0.1, 0.15) is 18.0 Å². The van der Waals surface area contributed by atoms with Gasteiger partial charge in [-0.3, -0.25) is 0 Å². The van der Waals surface area contributed by atoms with E-state index in [-0.39, 0.29) is 29.9 Å². The van der Waals surface area contributed by atoms with E-state index in [2.05, 4.69) is 6.58 Å². The second-order valence-electron chi connectivity index (χ2n) is 2.88. The molecule has 1 aromatic carbocycles. The number of phenols is 2. The average molecular weight is 216 g/mol. The van der Waals surface area contributed by atoms with Crippen molar-refractivity contribution in [3.63, 3.8) is 0 Å². The Bertz CT molecular complexity index is 315. The van der Waals surface area contributed by atoms with Gasteiger partial charge in [0.05, 0.1) is 0 Å². The number of aromatic hydroxyl groups is 2. The van der Waals surface area contributed by atoms with Gasteiger partial charge < -0.3 is 15.9 Å². The van der Waals surface area contributed by atoms with E-state index in [4.69, 9.17) is 10.8 Å². The van der Waals surface area contributed by atoms with Crippen LogP contribution in [0.15, 0.2) is 30.9 Å². The summed E-state index contributed by atoms with van der Waals surface area (Å²) in [5, 5.41) is 18.2. The standard InChI is InChI=1S/C10H13NO2.ClH/c1-2-3-8(11)7-4-5-9(12)10(13)6-7;/h2,4-6,8,12-13H,1,3,11H2;1H/t8-;/m1./s1. The number of phenolic OH excluding ortho intramolecular Hbond substituents is 2. The molecule has 0 aliphatic heterocycles. The van der Waals surface area contributed by atoms with Gasteiger partial charge in [-0.25, -0.2) is 0 Å². The van der Waals surface area contributed by atoms with Crippen molar-refractivity contribution >= 4 is 12.4 Å². The van der Waals surface area contributed by atoms with E-state index in [1.54, 1.807) is 12.1 Å². The maximum Gasteiger partial charge on any atom is 0.157 e. The van der Waals surface area contributed by atoms with Gasteiger partial charge in [0.1, 0.15) is 0 Å². The minimum atomic E-state index is -0.177. The molecule has 0 heterocycles. The Morgan fingerprint density at radius 1 is 1.36 bits per heavy atom. The Kier molecular flexibility index (Phi) is 5.05. The van der Waals surface area contributed by atoms with Crippen LogP contribution in [-0.4, -0.2) is 10.2 Å². The zero-order valence-corrected chi connectivity index (χ0v) is 8.50. The fourth-order valence-electron chi connectivity index (χ4n) is 1.09. The highest BCUT2D eigenvalue weighted by Gasteiger charge is 2.06. The van der Waals surface area contributed by atoms with Crippen molar-refractivity contribution in [1.82, 2.24) is 0 Å².